The van der Waals surface area contributed by atoms with Gasteiger partial charge in [-0.25, -0.2) is 4.39 Å². The number of rotatable bonds is 6. The first-order valence-corrected chi connectivity index (χ1v) is 7.99. The second-order valence-corrected chi connectivity index (χ2v) is 6.25. The highest BCUT2D eigenvalue weighted by molar-refractivity contribution is 5.21. The summed E-state index contributed by atoms with van der Waals surface area (Å²) in [4.78, 5) is 2.62. The Bertz CT molecular complexity index is 448. The smallest absolute Gasteiger partial charge is 0.127 e. The molecule has 1 saturated carbocycles. The number of hydrogen-bond acceptors (Lipinski definition) is 2. The molecule has 2 aliphatic rings. The van der Waals surface area contributed by atoms with Crippen LogP contribution >= 0.6 is 0 Å². The third-order valence-electron chi connectivity index (χ3n) is 4.96. The zero-order valence-corrected chi connectivity index (χ0v) is 12.3. The zero-order valence-electron chi connectivity index (χ0n) is 12.3. The van der Waals surface area contributed by atoms with Gasteiger partial charge in [-0.05, 0) is 44.2 Å². The van der Waals surface area contributed by atoms with Crippen LogP contribution in [0.25, 0.3) is 0 Å². The van der Waals surface area contributed by atoms with Gasteiger partial charge < -0.3 is 10.2 Å². The van der Waals surface area contributed by atoms with Gasteiger partial charge in [-0.2, -0.15) is 0 Å². The van der Waals surface area contributed by atoms with Crippen LogP contribution in [-0.4, -0.2) is 30.6 Å². The molecule has 3 rings (SSSR count). The summed E-state index contributed by atoms with van der Waals surface area (Å²) in [6.45, 7) is 5.32. The van der Waals surface area contributed by atoms with Crippen LogP contribution in [0.3, 0.4) is 0 Å². The second-order valence-electron chi connectivity index (χ2n) is 6.25. The van der Waals surface area contributed by atoms with E-state index in [1.165, 1.54) is 25.8 Å². The molecular formula is C17H25FN2. The highest BCUT2D eigenvalue weighted by Gasteiger charge is 2.37. The van der Waals surface area contributed by atoms with Crippen molar-refractivity contribution in [2.45, 2.75) is 44.7 Å². The number of halogens is 1. The van der Waals surface area contributed by atoms with Gasteiger partial charge in [0, 0.05) is 30.7 Å². The van der Waals surface area contributed by atoms with Gasteiger partial charge in [-0.1, -0.05) is 25.1 Å². The summed E-state index contributed by atoms with van der Waals surface area (Å²) in [6, 6.07) is 8.13. The SMILES string of the molecule is CCNC(CCN1CC2CCC1C2)c1ccccc1F. The van der Waals surface area contributed by atoms with Gasteiger partial charge in [-0.15, -0.1) is 0 Å². The number of nitrogens with zero attached hydrogens (tertiary/aromatic N) is 1. The maximum atomic E-state index is 14.0. The molecule has 2 bridgehead atoms. The maximum absolute atomic E-state index is 14.0. The van der Waals surface area contributed by atoms with Crippen molar-refractivity contribution in [3.63, 3.8) is 0 Å². The van der Waals surface area contributed by atoms with Gasteiger partial charge in [0.2, 0.25) is 0 Å². The normalized spacial score (nSPS) is 27.1. The Hall–Kier alpha value is -0.930. The van der Waals surface area contributed by atoms with Crippen molar-refractivity contribution >= 4 is 0 Å². The molecule has 0 amide bonds. The lowest BCUT2D eigenvalue weighted by Gasteiger charge is -2.29. The molecule has 0 radical (unpaired) electrons. The molecule has 1 N–H and O–H groups in total. The van der Waals surface area contributed by atoms with Gasteiger partial charge in [0.05, 0.1) is 0 Å². The summed E-state index contributed by atoms with van der Waals surface area (Å²) < 4.78 is 14.0. The number of nitrogens with one attached hydrogen (secondary N) is 1. The molecule has 3 unspecified atom stereocenters. The fourth-order valence-corrected chi connectivity index (χ4v) is 3.97. The van der Waals surface area contributed by atoms with E-state index in [4.69, 9.17) is 0 Å². The lowest BCUT2D eigenvalue weighted by atomic mass is 10.0. The molecule has 0 aromatic heterocycles. The van der Waals surface area contributed by atoms with E-state index in [9.17, 15) is 4.39 Å². The lowest BCUT2D eigenvalue weighted by molar-refractivity contribution is 0.202. The van der Waals surface area contributed by atoms with E-state index in [2.05, 4.69) is 17.1 Å². The van der Waals surface area contributed by atoms with Gasteiger partial charge in [-0.3, -0.25) is 0 Å². The van der Waals surface area contributed by atoms with Gasteiger partial charge >= 0.3 is 0 Å². The molecule has 20 heavy (non-hydrogen) atoms. The van der Waals surface area contributed by atoms with Gasteiger partial charge in [0.1, 0.15) is 5.82 Å². The van der Waals surface area contributed by atoms with Gasteiger partial charge in [0.25, 0.3) is 0 Å². The topological polar surface area (TPSA) is 15.3 Å². The van der Waals surface area contributed by atoms with E-state index < -0.39 is 0 Å². The van der Waals surface area contributed by atoms with Crippen LogP contribution in [0.1, 0.15) is 44.2 Å². The third kappa shape index (κ3) is 2.89. The van der Waals surface area contributed by atoms with Crippen molar-refractivity contribution in [1.29, 1.82) is 0 Å². The van der Waals surface area contributed by atoms with E-state index >= 15 is 0 Å². The van der Waals surface area contributed by atoms with Crippen molar-refractivity contribution in [3.8, 4) is 0 Å². The lowest BCUT2D eigenvalue weighted by Crippen LogP contribution is -2.35. The number of likely N-dealkylation sites (tertiary alicyclic amines) is 1. The summed E-state index contributed by atoms with van der Waals surface area (Å²) in [5.74, 6) is 0.854. The fourth-order valence-electron chi connectivity index (χ4n) is 3.97. The highest BCUT2D eigenvalue weighted by atomic mass is 19.1. The van der Waals surface area contributed by atoms with E-state index in [0.29, 0.717) is 0 Å². The molecule has 1 aromatic carbocycles. The average Bonchev–Trinajstić information content (AvgIpc) is 3.07. The molecule has 2 nitrogen and oxygen atoms in total. The van der Waals surface area contributed by atoms with Crippen LogP contribution in [-0.2, 0) is 0 Å². The standard InChI is InChI=1S/C17H25FN2/c1-2-19-17(15-5-3-4-6-16(15)18)9-10-20-12-13-7-8-14(20)11-13/h3-6,13-14,17,19H,2,7-12H2,1H3. The number of piperidine rings is 1. The molecule has 1 saturated heterocycles. The van der Waals surface area contributed by atoms with E-state index in [1.54, 1.807) is 12.1 Å². The Balaban J connectivity index is 1.61. The molecule has 3 atom stereocenters. The monoisotopic (exact) mass is 276 g/mol. The van der Waals surface area contributed by atoms with Crippen LogP contribution in [0.15, 0.2) is 24.3 Å². The molecule has 1 aliphatic heterocycles. The summed E-state index contributed by atoms with van der Waals surface area (Å²) in [5.41, 5.74) is 0.818. The fraction of sp³-hybridized carbons (Fsp3) is 0.647. The molecule has 1 heterocycles. The summed E-state index contributed by atoms with van der Waals surface area (Å²) in [5, 5.41) is 3.44. The minimum Gasteiger partial charge on any atom is -0.310 e. The summed E-state index contributed by atoms with van der Waals surface area (Å²) in [7, 11) is 0. The Morgan fingerprint density at radius 1 is 1.35 bits per heavy atom. The Labute approximate surface area is 121 Å². The number of hydrogen-bond donors (Lipinski definition) is 1. The van der Waals surface area contributed by atoms with Crippen molar-refractivity contribution < 1.29 is 4.39 Å². The summed E-state index contributed by atoms with van der Waals surface area (Å²) in [6.07, 6.45) is 5.19. The van der Waals surface area contributed by atoms with Crippen LogP contribution in [0, 0.1) is 11.7 Å². The largest absolute Gasteiger partial charge is 0.310 e. The van der Waals surface area contributed by atoms with Crippen molar-refractivity contribution in [2.75, 3.05) is 19.6 Å². The van der Waals surface area contributed by atoms with E-state index in [-0.39, 0.29) is 11.9 Å². The second kappa shape index (κ2) is 6.23. The average molecular weight is 276 g/mol. The predicted octanol–water partition coefficient (Wildman–Crippen LogP) is 3.35. The van der Waals surface area contributed by atoms with Crippen LogP contribution in [0.5, 0.6) is 0 Å². The molecular weight excluding hydrogens is 251 g/mol. The van der Waals surface area contributed by atoms with Crippen molar-refractivity contribution in [3.05, 3.63) is 35.6 Å². The predicted molar refractivity (Wildman–Crippen MR) is 80.1 cm³/mol. The van der Waals surface area contributed by atoms with Crippen molar-refractivity contribution in [1.82, 2.24) is 10.2 Å². The van der Waals surface area contributed by atoms with E-state index in [1.807, 2.05) is 12.1 Å². The van der Waals surface area contributed by atoms with Crippen LogP contribution in [0.2, 0.25) is 0 Å². The van der Waals surface area contributed by atoms with Crippen LogP contribution in [0.4, 0.5) is 4.39 Å². The highest BCUT2D eigenvalue weighted by Crippen LogP contribution is 2.37. The van der Waals surface area contributed by atoms with E-state index in [0.717, 1.165) is 37.0 Å². The third-order valence-corrected chi connectivity index (χ3v) is 4.96. The van der Waals surface area contributed by atoms with Crippen LogP contribution < -0.4 is 5.32 Å². The molecule has 2 fully saturated rings. The molecule has 110 valence electrons. The minimum atomic E-state index is -0.0820. The van der Waals surface area contributed by atoms with Gasteiger partial charge in [0.15, 0.2) is 0 Å². The summed E-state index contributed by atoms with van der Waals surface area (Å²) >= 11 is 0. The Kier molecular flexibility index (Phi) is 4.37. The number of fused-ring (bicyclic) bond motifs is 2. The first-order chi connectivity index (χ1) is 9.78. The molecule has 0 spiro atoms. The first-order valence-electron chi connectivity index (χ1n) is 7.99. The Morgan fingerprint density at radius 2 is 2.20 bits per heavy atom. The minimum absolute atomic E-state index is 0.0820. The first kappa shape index (κ1) is 14.0. The Morgan fingerprint density at radius 3 is 2.85 bits per heavy atom. The molecule has 1 aromatic rings. The number of benzene rings is 1. The zero-order chi connectivity index (χ0) is 13.9. The van der Waals surface area contributed by atoms with Crippen molar-refractivity contribution in [2.24, 2.45) is 5.92 Å². The molecule has 1 aliphatic carbocycles. The molecule has 3 heteroatoms. The maximum Gasteiger partial charge on any atom is 0.127 e. The quantitative estimate of drug-likeness (QED) is 0.857.